The van der Waals surface area contributed by atoms with Crippen molar-refractivity contribution >= 4 is 21.4 Å². The highest BCUT2D eigenvalue weighted by Crippen LogP contribution is 2.28. The van der Waals surface area contributed by atoms with Gasteiger partial charge in [-0.1, -0.05) is 18.2 Å². The van der Waals surface area contributed by atoms with Crippen LogP contribution in [0.1, 0.15) is 5.01 Å². The van der Waals surface area contributed by atoms with Gasteiger partial charge in [0.2, 0.25) is 0 Å². The Morgan fingerprint density at radius 3 is 2.48 bits per heavy atom. The molecule has 0 bridgehead atoms. The second-order valence-corrected chi connectivity index (χ2v) is 6.96. The van der Waals surface area contributed by atoms with Crippen LogP contribution in [0.4, 0.5) is 0 Å². The summed E-state index contributed by atoms with van der Waals surface area (Å²) >= 11 is 1.40. The van der Waals surface area contributed by atoms with Crippen LogP contribution < -0.4 is 5.14 Å². The standard InChI is InChI=1S/C12H11N5O2S2/c1-8-14-7-10(20-8)11-15-16-12(21(13,18)19)17(11)9-5-3-2-4-6-9/h2-7H,1H3,(H2,13,18,19). The Balaban J connectivity index is 2.30. The maximum Gasteiger partial charge on any atom is 0.274 e. The number of nitrogens with two attached hydrogens (primary N) is 1. The lowest BCUT2D eigenvalue weighted by atomic mass is 10.3. The predicted octanol–water partition coefficient (Wildman–Crippen LogP) is 1.35. The highest BCUT2D eigenvalue weighted by molar-refractivity contribution is 7.89. The van der Waals surface area contributed by atoms with E-state index in [-0.39, 0.29) is 5.16 Å². The van der Waals surface area contributed by atoms with Gasteiger partial charge in [-0.3, -0.25) is 4.57 Å². The Bertz CT molecular complexity index is 884. The minimum absolute atomic E-state index is 0.297. The van der Waals surface area contributed by atoms with Gasteiger partial charge in [-0.2, -0.15) is 0 Å². The summed E-state index contributed by atoms with van der Waals surface area (Å²) in [6, 6.07) is 8.94. The highest BCUT2D eigenvalue weighted by Gasteiger charge is 2.24. The summed E-state index contributed by atoms with van der Waals surface area (Å²) in [5.41, 5.74) is 0.618. The van der Waals surface area contributed by atoms with Crippen molar-refractivity contribution in [1.82, 2.24) is 19.7 Å². The molecule has 3 aromatic rings. The smallest absolute Gasteiger partial charge is 0.264 e. The van der Waals surface area contributed by atoms with E-state index in [2.05, 4.69) is 15.2 Å². The Hall–Kier alpha value is -2.10. The van der Waals surface area contributed by atoms with Gasteiger partial charge in [0.15, 0.2) is 5.82 Å². The zero-order valence-corrected chi connectivity index (χ0v) is 12.6. The minimum atomic E-state index is -3.99. The van der Waals surface area contributed by atoms with Crippen LogP contribution in [-0.4, -0.2) is 28.2 Å². The number of nitrogens with zero attached hydrogens (tertiary/aromatic N) is 4. The van der Waals surface area contributed by atoms with E-state index in [0.717, 1.165) is 9.88 Å². The molecule has 0 spiro atoms. The maximum absolute atomic E-state index is 11.7. The van der Waals surface area contributed by atoms with Crippen molar-refractivity contribution in [2.24, 2.45) is 5.14 Å². The number of para-hydroxylation sites is 1. The molecule has 0 amide bonds. The van der Waals surface area contributed by atoms with Crippen molar-refractivity contribution in [2.75, 3.05) is 0 Å². The summed E-state index contributed by atoms with van der Waals surface area (Å²) in [7, 11) is -3.99. The third-order valence-corrected chi connectivity index (χ3v) is 4.43. The second kappa shape index (κ2) is 5.02. The quantitative estimate of drug-likeness (QED) is 0.784. The van der Waals surface area contributed by atoms with Crippen molar-refractivity contribution in [1.29, 1.82) is 0 Å². The average molecular weight is 321 g/mol. The molecule has 0 atom stereocenters. The number of thiazole rings is 1. The van der Waals surface area contributed by atoms with Gasteiger partial charge in [-0.15, -0.1) is 21.5 Å². The number of rotatable bonds is 3. The topological polar surface area (TPSA) is 104 Å². The van der Waals surface area contributed by atoms with Gasteiger partial charge in [0.05, 0.1) is 9.88 Å². The number of benzene rings is 1. The molecule has 0 unspecified atom stereocenters. The fraction of sp³-hybridized carbons (Fsp3) is 0.0833. The normalized spacial score (nSPS) is 11.7. The molecular weight excluding hydrogens is 310 g/mol. The number of aromatic nitrogens is 4. The number of aryl methyl sites for hydroxylation is 1. The van der Waals surface area contributed by atoms with Crippen molar-refractivity contribution in [2.45, 2.75) is 12.1 Å². The van der Waals surface area contributed by atoms with Crippen molar-refractivity contribution in [3.63, 3.8) is 0 Å². The molecule has 0 radical (unpaired) electrons. The molecule has 21 heavy (non-hydrogen) atoms. The summed E-state index contributed by atoms with van der Waals surface area (Å²) in [5, 5.41) is 13.5. The first-order valence-corrected chi connectivity index (χ1v) is 8.29. The van der Waals surface area contributed by atoms with E-state index in [1.165, 1.54) is 15.9 Å². The first kappa shape index (κ1) is 13.9. The Morgan fingerprint density at radius 2 is 1.90 bits per heavy atom. The van der Waals surface area contributed by atoms with Crippen LogP contribution in [0, 0.1) is 6.92 Å². The molecule has 0 aliphatic rings. The van der Waals surface area contributed by atoms with Crippen LogP contribution in [0.5, 0.6) is 0 Å². The van der Waals surface area contributed by atoms with E-state index in [1.807, 2.05) is 13.0 Å². The van der Waals surface area contributed by atoms with E-state index in [1.54, 1.807) is 30.5 Å². The lowest BCUT2D eigenvalue weighted by Crippen LogP contribution is -2.18. The molecule has 0 aliphatic carbocycles. The number of hydrogen-bond acceptors (Lipinski definition) is 6. The van der Waals surface area contributed by atoms with Gasteiger partial charge >= 0.3 is 0 Å². The van der Waals surface area contributed by atoms with Crippen LogP contribution in [-0.2, 0) is 10.0 Å². The molecule has 0 fully saturated rings. The van der Waals surface area contributed by atoms with E-state index in [4.69, 9.17) is 5.14 Å². The van der Waals surface area contributed by atoms with Crippen molar-refractivity contribution in [3.05, 3.63) is 41.5 Å². The third-order valence-electron chi connectivity index (χ3n) is 2.74. The van der Waals surface area contributed by atoms with Crippen molar-refractivity contribution < 1.29 is 8.42 Å². The first-order valence-electron chi connectivity index (χ1n) is 5.93. The number of hydrogen-bond donors (Lipinski definition) is 1. The lowest BCUT2D eigenvalue weighted by molar-refractivity contribution is 0.585. The Kier molecular flexibility index (Phi) is 3.32. The summed E-state index contributed by atoms with van der Waals surface area (Å²) in [6.07, 6.45) is 1.64. The SMILES string of the molecule is Cc1ncc(-c2nnc(S(N)(=O)=O)n2-c2ccccc2)s1. The molecule has 2 heterocycles. The van der Waals surface area contributed by atoms with Gasteiger partial charge in [-0.05, 0) is 19.1 Å². The largest absolute Gasteiger partial charge is 0.274 e. The summed E-state index contributed by atoms with van der Waals surface area (Å²) < 4.78 is 24.9. The van der Waals surface area contributed by atoms with E-state index >= 15 is 0 Å². The van der Waals surface area contributed by atoms with E-state index < -0.39 is 10.0 Å². The minimum Gasteiger partial charge on any atom is -0.264 e. The van der Waals surface area contributed by atoms with Crippen LogP contribution in [0.25, 0.3) is 16.4 Å². The van der Waals surface area contributed by atoms with E-state index in [0.29, 0.717) is 11.5 Å². The molecule has 0 saturated heterocycles. The number of sulfonamides is 1. The van der Waals surface area contributed by atoms with Gasteiger partial charge < -0.3 is 0 Å². The van der Waals surface area contributed by atoms with Crippen LogP contribution in [0.2, 0.25) is 0 Å². The molecular formula is C12H11N5O2S2. The van der Waals surface area contributed by atoms with E-state index in [9.17, 15) is 8.42 Å². The average Bonchev–Trinajstić information content (AvgIpc) is 3.04. The predicted molar refractivity (Wildman–Crippen MR) is 78.6 cm³/mol. The Morgan fingerprint density at radius 1 is 1.19 bits per heavy atom. The molecule has 7 nitrogen and oxygen atoms in total. The monoisotopic (exact) mass is 321 g/mol. The molecule has 9 heteroatoms. The summed E-state index contributed by atoms with van der Waals surface area (Å²) in [4.78, 5) is 4.88. The highest BCUT2D eigenvalue weighted by atomic mass is 32.2. The summed E-state index contributed by atoms with van der Waals surface area (Å²) in [5.74, 6) is 0.399. The van der Waals surface area contributed by atoms with Crippen LogP contribution >= 0.6 is 11.3 Å². The molecule has 1 aromatic carbocycles. The van der Waals surface area contributed by atoms with Crippen LogP contribution in [0.3, 0.4) is 0 Å². The zero-order chi connectivity index (χ0) is 15.0. The fourth-order valence-corrected chi connectivity index (χ4v) is 3.24. The lowest BCUT2D eigenvalue weighted by Gasteiger charge is -2.07. The first-order chi connectivity index (χ1) is 9.97. The maximum atomic E-state index is 11.7. The second-order valence-electron chi connectivity index (χ2n) is 4.27. The van der Waals surface area contributed by atoms with Gasteiger partial charge in [-0.25, -0.2) is 18.5 Å². The summed E-state index contributed by atoms with van der Waals surface area (Å²) in [6.45, 7) is 1.86. The molecule has 108 valence electrons. The third kappa shape index (κ3) is 2.58. The van der Waals surface area contributed by atoms with Crippen molar-refractivity contribution in [3.8, 4) is 16.4 Å². The fourth-order valence-electron chi connectivity index (χ4n) is 1.89. The van der Waals surface area contributed by atoms with Gasteiger partial charge in [0.1, 0.15) is 0 Å². The molecule has 0 aliphatic heterocycles. The molecule has 2 N–H and O–H groups in total. The number of primary sulfonamides is 1. The molecule has 0 saturated carbocycles. The molecule has 3 rings (SSSR count). The molecule has 2 aromatic heterocycles. The van der Waals surface area contributed by atoms with Gasteiger partial charge in [0.25, 0.3) is 15.2 Å². The zero-order valence-electron chi connectivity index (χ0n) is 11.0. The van der Waals surface area contributed by atoms with Gasteiger partial charge in [0, 0.05) is 11.9 Å². The van der Waals surface area contributed by atoms with Crippen LogP contribution in [0.15, 0.2) is 41.7 Å². The Labute approximate surface area is 125 Å².